The highest BCUT2D eigenvalue weighted by molar-refractivity contribution is 5.74. The smallest absolute Gasteiger partial charge is 0.320 e. The molecule has 0 spiro atoms. The summed E-state index contributed by atoms with van der Waals surface area (Å²) in [5.41, 5.74) is 5.64. The van der Waals surface area contributed by atoms with Crippen LogP contribution in [0.5, 0.6) is 0 Å². The lowest BCUT2D eigenvalue weighted by molar-refractivity contribution is 0.124. The van der Waals surface area contributed by atoms with E-state index < -0.39 is 0 Å². The van der Waals surface area contributed by atoms with Crippen molar-refractivity contribution in [3.8, 4) is 0 Å². The van der Waals surface area contributed by atoms with E-state index in [9.17, 15) is 4.79 Å². The topological polar surface area (TPSA) is 49.6 Å². The molecule has 0 unspecified atom stereocenters. The molecule has 1 saturated carbocycles. The normalized spacial score (nSPS) is 16.9. The van der Waals surface area contributed by atoms with Crippen molar-refractivity contribution >= 4 is 6.03 Å². The molecule has 0 aromatic heterocycles. The van der Waals surface area contributed by atoms with E-state index in [1.165, 1.54) is 19.3 Å². The van der Waals surface area contributed by atoms with Crippen molar-refractivity contribution in [2.75, 3.05) is 26.2 Å². The van der Waals surface area contributed by atoms with Crippen molar-refractivity contribution in [1.82, 2.24) is 9.80 Å². The molecule has 1 aliphatic carbocycles. The van der Waals surface area contributed by atoms with Gasteiger partial charge < -0.3 is 15.5 Å². The maximum Gasteiger partial charge on any atom is 0.320 e. The lowest BCUT2D eigenvalue weighted by Crippen LogP contribution is -2.50. The number of nitrogens with zero attached hydrogens (tertiary/aromatic N) is 2. The first-order chi connectivity index (χ1) is 8.24. The SMILES string of the molecule is CCN(CC)C(=O)N(CCN)C1CCCCC1. The number of nitrogens with two attached hydrogens (primary N) is 1. The first kappa shape index (κ1) is 14.3. The minimum Gasteiger partial charge on any atom is -0.329 e. The average Bonchev–Trinajstić information content (AvgIpc) is 2.38. The number of carbonyl (C=O) groups is 1. The van der Waals surface area contributed by atoms with Crippen LogP contribution in [-0.4, -0.2) is 48.1 Å². The van der Waals surface area contributed by atoms with E-state index in [0.29, 0.717) is 19.1 Å². The highest BCUT2D eigenvalue weighted by Gasteiger charge is 2.27. The van der Waals surface area contributed by atoms with E-state index in [0.717, 1.165) is 25.9 Å². The Balaban J connectivity index is 2.65. The van der Waals surface area contributed by atoms with Crippen molar-refractivity contribution in [2.24, 2.45) is 5.73 Å². The van der Waals surface area contributed by atoms with E-state index in [1.807, 2.05) is 23.6 Å². The Morgan fingerprint density at radius 3 is 2.24 bits per heavy atom. The predicted octanol–water partition coefficient (Wildman–Crippen LogP) is 2.04. The largest absolute Gasteiger partial charge is 0.329 e. The third-order valence-electron chi connectivity index (χ3n) is 3.67. The zero-order chi connectivity index (χ0) is 12.7. The molecule has 2 amide bonds. The van der Waals surface area contributed by atoms with Crippen LogP contribution >= 0.6 is 0 Å². The molecule has 1 rings (SSSR count). The minimum absolute atomic E-state index is 0.173. The zero-order valence-electron chi connectivity index (χ0n) is 11.3. The van der Waals surface area contributed by atoms with Crippen molar-refractivity contribution < 1.29 is 4.79 Å². The van der Waals surface area contributed by atoms with Crippen molar-refractivity contribution in [2.45, 2.75) is 52.0 Å². The molecular formula is C13H27N3O. The molecule has 0 saturated heterocycles. The Hall–Kier alpha value is -0.770. The van der Waals surface area contributed by atoms with Gasteiger partial charge in [0.1, 0.15) is 0 Å². The highest BCUT2D eigenvalue weighted by Crippen LogP contribution is 2.23. The van der Waals surface area contributed by atoms with E-state index in [4.69, 9.17) is 5.73 Å². The Labute approximate surface area is 105 Å². The summed E-state index contributed by atoms with van der Waals surface area (Å²) in [4.78, 5) is 16.3. The van der Waals surface area contributed by atoms with Crippen LogP contribution in [0.4, 0.5) is 4.79 Å². The third kappa shape index (κ3) is 3.87. The fraction of sp³-hybridized carbons (Fsp3) is 0.923. The van der Waals surface area contributed by atoms with Crippen molar-refractivity contribution in [3.05, 3.63) is 0 Å². The molecule has 4 nitrogen and oxygen atoms in total. The summed E-state index contributed by atoms with van der Waals surface area (Å²) in [6, 6.07) is 0.591. The number of urea groups is 1. The van der Waals surface area contributed by atoms with Gasteiger partial charge in [0.15, 0.2) is 0 Å². The highest BCUT2D eigenvalue weighted by atomic mass is 16.2. The molecule has 0 radical (unpaired) electrons. The summed E-state index contributed by atoms with van der Waals surface area (Å²) in [5, 5.41) is 0. The van der Waals surface area contributed by atoms with E-state index >= 15 is 0 Å². The van der Waals surface area contributed by atoms with Gasteiger partial charge in [-0.05, 0) is 26.7 Å². The molecule has 0 aromatic carbocycles. The van der Waals surface area contributed by atoms with Crippen LogP contribution in [0, 0.1) is 0 Å². The van der Waals surface area contributed by atoms with Gasteiger partial charge in [0.05, 0.1) is 0 Å². The monoisotopic (exact) mass is 241 g/mol. The molecule has 1 fully saturated rings. The summed E-state index contributed by atoms with van der Waals surface area (Å²) in [7, 11) is 0. The average molecular weight is 241 g/mol. The van der Waals surface area contributed by atoms with Gasteiger partial charge >= 0.3 is 6.03 Å². The lowest BCUT2D eigenvalue weighted by atomic mass is 9.94. The van der Waals surface area contributed by atoms with Crippen LogP contribution in [0.1, 0.15) is 46.0 Å². The molecule has 17 heavy (non-hydrogen) atoms. The van der Waals surface area contributed by atoms with E-state index in [2.05, 4.69) is 0 Å². The van der Waals surface area contributed by atoms with Gasteiger partial charge in [-0.1, -0.05) is 19.3 Å². The quantitative estimate of drug-likeness (QED) is 0.801. The van der Waals surface area contributed by atoms with Crippen molar-refractivity contribution in [3.63, 3.8) is 0 Å². The van der Waals surface area contributed by atoms with E-state index in [-0.39, 0.29) is 6.03 Å². The van der Waals surface area contributed by atoms with Crippen LogP contribution in [0.3, 0.4) is 0 Å². The molecule has 2 N–H and O–H groups in total. The third-order valence-corrected chi connectivity index (χ3v) is 3.67. The number of hydrogen-bond donors (Lipinski definition) is 1. The molecule has 0 heterocycles. The second-order valence-corrected chi connectivity index (χ2v) is 4.73. The fourth-order valence-electron chi connectivity index (χ4n) is 2.64. The van der Waals surface area contributed by atoms with Gasteiger partial charge in [0.2, 0.25) is 0 Å². The predicted molar refractivity (Wildman–Crippen MR) is 71.0 cm³/mol. The Morgan fingerprint density at radius 2 is 1.76 bits per heavy atom. The van der Waals surface area contributed by atoms with Crippen molar-refractivity contribution in [1.29, 1.82) is 0 Å². The van der Waals surface area contributed by atoms with Gasteiger partial charge in [0, 0.05) is 32.2 Å². The summed E-state index contributed by atoms with van der Waals surface area (Å²) >= 11 is 0. The van der Waals surface area contributed by atoms with Crippen LogP contribution in [0.15, 0.2) is 0 Å². The fourth-order valence-corrected chi connectivity index (χ4v) is 2.64. The lowest BCUT2D eigenvalue weighted by Gasteiger charge is -2.37. The minimum atomic E-state index is 0.173. The zero-order valence-corrected chi connectivity index (χ0v) is 11.3. The Bertz CT molecular complexity index is 223. The number of rotatable bonds is 5. The molecule has 0 aromatic rings. The maximum atomic E-state index is 12.4. The second kappa shape index (κ2) is 7.54. The summed E-state index contributed by atoms with van der Waals surface area (Å²) in [5.74, 6) is 0. The van der Waals surface area contributed by atoms with Crippen LogP contribution in [0.25, 0.3) is 0 Å². The molecule has 4 heteroatoms. The van der Waals surface area contributed by atoms with Gasteiger partial charge in [-0.15, -0.1) is 0 Å². The summed E-state index contributed by atoms with van der Waals surface area (Å²) < 4.78 is 0. The van der Waals surface area contributed by atoms with Gasteiger partial charge in [0.25, 0.3) is 0 Å². The number of hydrogen-bond acceptors (Lipinski definition) is 2. The Kier molecular flexibility index (Phi) is 6.34. The standard InChI is InChI=1S/C13H27N3O/c1-3-15(4-2)13(17)16(11-10-14)12-8-6-5-7-9-12/h12H,3-11,14H2,1-2H3. The van der Waals surface area contributed by atoms with Crippen LogP contribution in [0.2, 0.25) is 0 Å². The van der Waals surface area contributed by atoms with Gasteiger partial charge in [-0.2, -0.15) is 0 Å². The maximum absolute atomic E-state index is 12.4. The summed E-state index contributed by atoms with van der Waals surface area (Å²) in [6.45, 7) is 6.88. The van der Waals surface area contributed by atoms with Gasteiger partial charge in [-0.25, -0.2) is 4.79 Å². The van der Waals surface area contributed by atoms with Crippen LogP contribution < -0.4 is 5.73 Å². The molecule has 1 aliphatic rings. The molecular weight excluding hydrogens is 214 g/mol. The first-order valence-electron chi connectivity index (χ1n) is 7.00. The summed E-state index contributed by atoms with van der Waals surface area (Å²) in [6.07, 6.45) is 6.10. The molecule has 100 valence electrons. The number of amides is 2. The molecule has 0 bridgehead atoms. The van der Waals surface area contributed by atoms with E-state index in [1.54, 1.807) is 0 Å². The van der Waals surface area contributed by atoms with Crippen LogP contribution in [-0.2, 0) is 0 Å². The second-order valence-electron chi connectivity index (χ2n) is 4.73. The van der Waals surface area contributed by atoms with Gasteiger partial charge in [-0.3, -0.25) is 0 Å². The number of carbonyl (C=O) groups excluding carboxylic acids is 1. The first-order valence-corrected chi connectivity index (χ1v) is 7.00. The molecule has 0 atom stereocenters. The Morgan fingerprint density at radius 1 is 1.18 bits per heavy atom. The molecule has 0 aliphatic heterocycles.